The number of nitrogens with one attached hydrogen (secondary N) is 3. The molecule has 8 heteroatoms. The Morgan fingerprint density at radius 1 is 1.33 bits per heavy atom. The quantitative estimate of drug-likeness (QED) is 0.711. The van der Waals surface area contributed by atoms with E-state index in [1.165, 1.54) is 12.1 Å². The summed E-state index contributed by atoms with van der Waals surface area (Å²) >= 11 is 0. The Bertz CT molecular complexity index is 876. The summed E-state index contributed by atoms with van der Waals surface area (Å²) in [5.41, 5.74) is 2.76. The van der Waals surface area contributed by atoms with Crippen molar-refractivity contribution in [3.8, 4) is 0 Å². The lowest BCUT2D eigenvalue weighted by Gasteiger charge is -2.28. The van der Waals surface area contributed by atoms with Crippen LogP contribution in [0.1, 0.15) is 17.7 Å². The van der Waals surface area contributed by atoms with Crippen LogP contribution in [0.2, 0.25) is 0 Å². The summed E-state index contributed by atoms with van der Waals surface area (Å²) in [5, 5.41) is 5.31. The summed E-state index contributed by atoms with van der Waals surface area (Å²) in [7, 11) is 0. The predicted molar refractivity (Wildman–Crippen MR) is 82.5 cm³/mol. The fourth-order valence-electron chi connectivity index (χ4n) is 3.31. The van der Waals surface area contributed by atoms with Crippen molar-refractivity contribution in [2.24, 2.45) is 0 Å². The topological polar surface area (TPSA) is 94.3 Å². The second kappa shape index (κ2) is 5.33. The van der Waals surface area contributed by atoms with Crippen LogP contribution >= 0.6 is 0 Å². The molecule has 0 aliphatic carbocycles. The lowest BCUT2D eigenvalue weighted by Crippen LogP contribution is -2.41. The van der Waals surface area contributed by atoms with E-state index in [0.29, 0.717) is 19.5 Å². The molecule has 1 aromatic heterocycles. The highest BCUT2D eigenvalue weighted by Gasteiger charge is 2.33. The molecule has 1 atom stereocenters. The Morgan fingerprint density at radius 3 is 2.92 bits per heavy atom. The summed E-state index contributed by atoms with van der Waals surface area (Å²) in [6.45, 7) is 0.878. The Kier molecular flexibility index (Phi) is 3.26. The fraction of sp³-hybridized carbons (Fsp3) is 0.312. The average Bonchev–Trinajstić information content (AvgIpc) is 3.06. The summed E-state index contributed by atoms with van der Waals surface area (Å²) < 4.78 is 13.5. The van der Waals surface area contributed by atoms with Crippen molar-refractivity contribution in [1.29, 1.82) is 0 Å². The molecule has 124 valence electrons. The first kappa shape index (κ1) is 14.7. The third kappa shape index (κ3) is 2.40. The number of nitrogens with zero attached hydrogens (tertiary/aromatic N) is 1. The molecule has 0 bridgehead atoms. The van der Waals surface area contributed by atoms with Crippen LogP contribution in [0.15, 0.2) is 18.2 Å². The van der Waals surface area contributed by atoms with Crippen LogP contribution in [0.4, 0.5) is 9.18 Å². The van der Waals surface area contributed by atoms with E-state index >= 15 is 0 Å². The van der Waals surface area contributed by atoms with Crippen molar-refractivity contribution >= 4 is 28.7 Å². The highest BCUT2D eigenvalue weighted by Crippen LogP contribution is 2.28. The van der Waals surface area contributed by atoms with E-state index in [1.807, 2.05) is 0 Å². The normalized spacial score (nSPS) is 20.0. The number of hydrogen-bond acceptors (Lipinski definition) is 3. The van der Waals surface area contributed by atoms with Crippen molar-refractivity contribution in [2.75, 3.05) is 6.54 Å². The van der Waals surface area contributed by atoms with Gasteiger partial charge >= 0.3 is 6.03 Å². The molecule has 4 amide bonds. The van der Waals surface area contributed by atoms with E-state index in [9.17, 15) is 18.8 Å². The van der Waals surface area contributed by atoms with Gasteiger partial charge in [-0.2, -0.15) is 0 Å². The molecule has 2 aromatic rings. The third-order valence-corrected chi connectivity index (χ3v) is 4.53. The first-order valence-corrected chi connectivity index (χ1v) is 7.69. The zero-order chi connectivity index (χ0) is 16.8. The number of halogens is 1. The molecule has 0 spiro atoms. The second-order valence-electron chi connectivity index (χ2n) is 6.06. The number of urea groups is 1. The maximum absolute atomic E-state index is 13.5. The molecular formula is C16H15FN4O3. The van der Waals surface area contributed by atoms with E-state index in [1.54, 1.807) is 11.0 Å². The molecule has 1 aromatic carbocycles. The van der Waals surface area contributed by atoms with Gasteiger partial charge in [0.05, 0.1) is 6.42 Å². The Labute approximate surface area is 136 Å². The number of amides is 4. The SMILES string of the molecule is O=C1NC(=O)[C@H](CC(=O)N2CCc3[nH]c4ccc(F)cc4c3C2)N1. The number of aromatic amines is 1. The third-order valence-electron chi connectivity index (χ3n) is 4.53. The van der Waals surface area contributed by atoms with Gasteiger partial charge in [0.15, 0.2) is 0 Å². The van der Waals surface area contributed by atoms with Gasteiger partial charge in [-0.15, -0.1) is 0 Å². The van der Waals surface area contributed by atoms with Crippen molar-refractivity contribution < 1.29 is 18.8 Å². The standard InChI is InChI=1S/C16H15FN4O3/c17-8-1-2-11-9(5-8)10-7-21(4-3-12(10)18-11)14(22)6-13-15(23)20-16(24)19-13/h1-2,5,13,18H,3-4,6-7H2,(H2,19,20,23,24)/t13-/m0/s1. The molecule has 0 radical (unpaired) electrons. The van der Waals surface area contributed by atoms with Gasteiger partial charge in [-0.3, -0.25) is 14.9 Å². The predicted octanol–water partition coefficient (Wildman–Crippen LogP) is 0.790. The zero-order valence-corrected chi connectivity index (χ0v) is 12.7. The minimum Gasteiger partial charge on any atom is -0.358 e. The highest BCUT2D eigenvalue weighted by molar-refractivity contribution is 6.05. The first-order valence-electron chi connectivity index (χ1n) is 7.69. The van der Waals surface area contributed by atoms with Crippen molar-refractivity contribution in [3.05, 3.63) is 35.3 Å². The summed E-state index contributed by atoms with van der Waals surface area (Å²) in [5.74, 6) is -1.02. The van der Waals surface area contributed by atoms with Crippen LogP contribution in [0.5, 0.6) is 0 Å². The number of rotatable bonds is 2. The molecule has 7 nitrogen and oxygen atoms in total. The van der Waals surface area contributed by atoms with E-state index in [-0.39, 0.29) is 18.1 Å². The molecule has 24 heavy (non-hydrogen) atoms. The number of carbonyl (C=O) groups is 3. The maximum atomic E-state index is 13.5. The molecule has 2 aliphatic rings. The van der Waals surface area contributed by atoms with Gasteiger partial charge in [-0.05, 0) is 18.2 Å². The first-order chi connectivity index (χ1) is 11.5. The van der Waals surface area contributed by atoms with Crippen LogP contribution < -0.4 is 10.6 Å². The van der Waals surface area contributed by atoms with Gasteiger partial charge in [0.25, 0.3) is 5.91 Å². The molecule has 2 aliphatic heterocycles. The van der Waals surface area contributed by atoms with E-state index < -0.39 is 18.0 Å². The van der Waals surface area contributed by atoms with Gasteiger partial charge in [-0.25, -0.2) is 9.18 Å². The Hall–Kier alpha value is -2.90. The van der Waals surface area contributed by atoms with Crippen molar-refractivity contribution in [2.45, 2.75) is 25.4 Å². The number of carbonyl (C=O) groups excluding carboxylic acids is 3. The maximum Gasteiger partial charge on any atom is 0.322 e. The number of H-pyrrole nitrogens is 1. The van der Waals surface area contributed by atoms with Crippen LogP contribution in [-0.4, -0.2) is 40.3 Å². The monoisotopic (exact) mass is 330 g/mol. The van der Waals surface area contributed by atoms with Crippen LogP contribution in [-0.2, 0) is 22.6 Å². The van der Waals surface area contributed by atoms with Crippen molar-refractivity contribution in [1.82, 2.24) is 20.5 Å². The smallest absolute Gasteiger partial charge is 0.322 e. The summed E-state index contributed by atoms with van der Waals surface area (Å²) in [6, 6.07) is 3.14. The van der Waals surface area contributed by atoms with Gasteiger partial charge in [0.2, 0.25) is 5.91 Å². The van der Waals surface area contributed by atoms with E-state index in [2.05, 4.69) is 15.6 Å². The van der Waals surface area contributed by atoms with Gasteiger partial charge < -0.3 is 15.2 Å². The average molecular weight is 330 g/mol. The van der Waals surface area contributed by atoms with Gasteiger partial charge in [0, 0.05) is 41.7 Å². The second-order valence-corrected chi connectivity index (χ2v) is 6.06. The number of fused-ring (bicyclic) bond motifs is 3. The summed E-state index contributed by atoms with van der Waals surface area (Å²) in [4.78, 5) is 40.0. The molecule has 4 rings (SSSR count). The molecule has 0 saturated carbocycles. The number of aromatic nitrogens is 1. The minimum atomic E-state index is -0.827. The zero-order valence-electron chi connectivity index (χ0n) is 12.7. The van der Waals surface area contributed by atoms with E-state index in [0.717, 1.165) is 22.2 Å². The molecule has 1 saturated heterocycles. The van der Waals surface area contributed by atoms with Crippen LogP contribution in [0, 0.1) is 5.82 Å². The summed E-state index contributed by atoms with van der Waals surface area (Å²) in [6.07, 6.45) is 0.560. The molecule has 3 N–H and O–H groups in total. The Morgan fingerprint density at radius 2 is 2.17 bits per heavy atom. The van der Waals surface area contributed by atoms with Crippen LogP contribution in [0.25, 0.3) is 10.9 Å². The fourth-order valence-corrected chi connectivity index (χ4v) is 3.31. The van der Waals surface area contributed by atoms with Crippen LogP contribution in [0.3, 0.4) is 0 Å². The number of hydrogen-bond donors (Lipinski definition) is 3. The highest BCUT2D eigenvalue weighted by atomic mass is 19.1. The van der Waals surface area contributed by atoms with Crippen molar-refractivity contribution in [3.63, 3.8) is 0 Å². The number of imide groups is 1. The number of benzene rings is 1. The molecule has 0 unspecified atom stereocenters. The van der Waals surface area contributed by atoms with Gasteiger partial charge in [0.1, 0.15) is 11.9 Å². The minimum absolute atomic E-state index is 0.0797. The molecule has 3 heterocycles. The molecule has 1 fully saturated rings. The van der Waals surface area contributed by atoms with E-state index in [4.69, 9.17) is 0 Å². The molecular weight excluding hydrogens is 315 g/mol. The lowest BCUT2D eigenvalue weighted by molar-refractivity contribution is -0.134. The lowest BCUT2D eigenvalue weighted by atomic mass is 10.0. The largest absolute Gasteiger partial charge is 0.358 e. The van der Waals surface area contributed by atoms with Gasteiger partial charge in [-0.1, -0.05) is 0 Å². The Balaban J connectivity index is 1.54.